The molecule has 0 fully saturated rings. The Morgan fingerprint density at radius 2 is 2.13 bits per heavy atom. The number of rotatable bonds is 4. The Balaban J connectivity index is 3.03. The molecule has 0 aliphatic heterocycles. The van der Waals surface area contributed by atoms with Gasteiger partial charge < -0.3 is 5.32 Å². The molecule has 1 N–H and O–H groups in total. The van der Waals surface area contributed by atoms with Crippen molar-refractivity contribution in [2.75, 3.05) is 7.05 Å². The van der Waals surface area contributed by atoms with Crippen LogP contribution in [0.4, 0.5) is 0 Å². The lowest BCUT2D eigenvalue weighted by atomic mass is 9.92. The smallest absolute Gasteiger partial charge is 0.0675 e. The van der Waals surface area contributed by atoms with Crippen molar-refractivity contribution in [1.29, 1.82) is 5.26 Å². The summed E-state index contributed by atoms with van der Waals surface area (Å²) >= 11 is 3.51. The zero-order valence-electron chi connectivity index (χ0n) is 9.00. The second-order valence-corrected chi connectivity index (χ2v) is 4.29. The summed E-state index contributed by atoms with van der Waals surface area (Å²) in [6, 6.07) is 10.5. The summed E-state index contributed by atoms with van der Waals surface area (Å²) in [5, 5.41) is 12.3. The predicted octanol–water partition coefficient (Wildman–Crippen LogP) is 3.26. The summed E-state index contributed by atoms with van der Waals surface area (Å²) in [7, 11) is 1.89. The second kappa shape index (κ2) is 5.89. The van der Waals surface area contributed by atoms with E-state index >= 15 is 0 Å². The molecule has 2 unspecified atom stereocenters. The van der Waals surface area contributed by atoms with Gasteiger partial charge in [0.05, 0.1) is 12.0 Å². The molecule has 1 aromatic carbocycles. The van der Waals surface area contributed by atoms with Crippen LogP contribution in [0.25, 0.3) is 0 Å². The minimum absolute atomic E-state index is 0.00806. The van der Waals surface area contributed by atoms with Crippen LogP contribution in [0.5, 0.6) is 0 Å². The van der Waals surface area contributed by atoms with Crippen LogP contribution in [0.15, 0.2) is 28.7 Å². The zero-order valence-corrected chi connectivity index (χ0v) is 10.6. The first-order valence-electron chi connectivity index (χ1n) is 5.05. The molecule has 1 aromatic rings. The van der Waals surface area contributed by atoms with Crippen molar-refractivity contribution in [3.8, 4) is 6.07 Å². The van der Waals surface area contributed by atoms with Crippen molar-refractivity contribution in [3.05, 3.63) is 34.3 Å². The highest BCUT2D eigenvalue weighted by atomic mass is 79.9. The highest BCUT2D eigenvalue weighted by Gasteiger charge is 2.21. The van der Waals surface area contributed by atoms with Crippen LogP contribution in [-0.2, 0) is 0 Å². The molecule has 3 heteroatoms. The molecule has 0 aliphatic carbocycles. The van der Waals surface area contributed by atoms with Gasteiger partial charge in [0.25, 0.3) is 0 Å². The van der Waals surface area contributed by atoms with Gasteiger partial charge in [0, 0.05) is 10.5 Å². The molecular formula is C12H15BrN2. The summed E-state index contributed by atoms with van der Waals surface area (Å²) in [6.07, 6.45) is 0.851. The molecule has 0 aromatic heterocycles. The van der Waals surface area contributed by atoms with Gasteiger partial charge in [-0.3, -0.25) is 0 Å². The van der Waals surface area contributed by atoms with Gasteiger partial charge in [-0.05, 0) is 25.1 Å². The maximum absolute atomic E-state index is 9.07. The van der Waals surface area contributed by atoms with Crippen molar-refractivity contribution in [2.45, 2.75) is 19.4 Å². The van der Waals surface area contributed by atoms with E-state index in [0.29, 0.717) is 0 Å². The molecule has 2 nitrogen and oxygen atoms in total. The average molecular weight is 267 g/mol. The van der Waals surface area contributed by atoms with Crippen LogP contribution in [-0.4, -0.2) is 7.05 Å². The van der Waals surface area contributed by atoms with Crippen LogP contribution in [0.1, 0.15) is 24.9 Å². The molecule has 0 radical (unpaired) electrons. The number of nitriles is 1. The lowest BCUT2D eigenvalue weighted by molar-refractivity contribution is 0.448. The van der Waals surface area contributed by atoms with E-state index in [0.717, 1.165) is 16.5 Å². The van der Waals surface area contributed by atoms with E-state index in [-0.39, 0.29) is 12.0 Å². The third-order valence-corrected chi connectivity index (χ3v) is 3.28. The molecule has 80 valence electrons. The summed E-state index contributed by atoms with van der Waals surface area (Å²) in [5.41, 5.74) is 1.15. The molecule has 0 spiro atoms. The van der Waals surface area contributed by atoms with Crippen LogP contribution < -0.4 is 5.32 Å². The normalized spacial score (nSPS) is 14.3. The Bertz CT molecular complexity index is 357. The third kappa shape index (κ3) is 2.80. The SMILES string of the molecule is CCC(C#N)C(NC)c1ccccc1Br. The van der Waals surface area contributed by atoms with Crippen molar-refractivity contribution < 1.29 is 0 Å². The molecule has 2 atom stereocenters. The minimum atomic E-state index is 0.00806. The lowest BCUT2D eigenvalue weighted by Crippen LogP contribution is -2.24. The quantitative estimate of drug-likeness (QED) is 0.908. The molecule has 0 bridgehead atoms. The second-order valence-electron chi connectivity index (χ2n) is 3.43. The number of benzene rings is 1. The lowest BCUT2D eigenvalue weighted by Gasteiger charge is -2.21. The van der Waals surface area contributed by atoms with Gasteiger partial charge in [-0.1, -0.05) is 41.1 Å². The average Bonchev–Trinajstić information content (AvgIpc) is 2.27. The number of nitrogens with zero attached hydrogens (tertiary/aromatic N) is 1. The Morgan fingerprint density at radius 3 is 2.60 bits per heavy atom. The molecule has 15 heavy (non-hydrogen) atoms. The number of halogens is 1. The van der Waals surface area contributed by atoms with Gasteiger partial charge in [0.1, 0.15) is 0 Å². The topological polar surface area (TPSA) is 35.8 Å². The highest BCUT2D eigenvalue weighted by molar-refractivity contribution is 9.10. The van der Waals surface area contributed by atoms with Gasteiger partial charge in [0.2, 0.25) is 0 Å². The van der Waals surface area contributed by atoms with Crippen LogP contribution in [0, 0.1) is 17.2 Å². The van der Waals surface area contributed by atoms with Gasteiger partial charge in [-0.25, -0.2) is 0 Å². The van der Waals surface area contributed by atoms with E-state index in [2.05, 4.69) is 27.3 Å². The maximum atomic E-state index is 9.07. The van der Waals surface area contributed by atoms with E-state index in [1.54, 1.807) is 0 Å². The van der Waals surface area contributed by atoms with Crippen molar-refractivity contribution in [3.63, 3.8) is 0 Å². The standard InChI is InChI=1S/C12H15BrN2/c1-3-9(8-14)12(15-2)10-6-4-5-7-11(10)13/h4-7,9,12,15H,3H2,1-2H3. The van der Waals surface area contributed by atoms with Crippen LogP contribution >= 0.6 is 15.9 Å². The molecular weight excluding hydrogens is 252 g/mol. The van der Waals surface area contributed by atoms with Crippen LogP contribution in [0.3, 0.4) is 0 Å². The van der Waals surface area contributed by atoms with Crippen molar-refractivity contribution in [2.24, 2.45) is 5.92 Å². The molecule has 0 heterocycles. The summed E-state index contributed by atoms with van der Waals surface area (Å²) < 4.78 is 1.05. The van der Waals surface area contributed by atoms with Crippen molar-refractivity contribution >= 4 is 15.9 Å². The van der Waals surface area contributed by atoms with E-state index in [9.17, 15) is 0 Å². The number of hydrogen-bond acceptors (Lipinski definition) is 2. The molecule has 0 amide bonds. The van der Waals surface area contributed by atoms with Gasteiger partial charge in [0.15, 0.2) is 0 Å². The van der Waals surface area contributed by atoms with Crippen LogP contribution in [0.2, 0.25) is 0 Å². The fourth-order valence-corrected chi connectivity index (χ4v) is 2.23. The maximum Gasteiger partial charge on any atom is 0.0675 e. The van der Waals surface area contributed by atoms with E-state index in [4.69, 9.17) is 5.26 Å². The third-order valence-electron chi connectivity index (χ3n) is 2.56. The number of nitrogens with one attached hydrogen (secondary N) is 1. The first-order valence-corrected chi connectivity index (χ1v) is 5.85. The fraction of sp³-hybridized carbons (Fsp3) is 0.417. The van der Waals surface area contributed by atoms with E-state index in [1.807, 2.05) is 38.2 Å². The summed E-state index contributed by atoms with van der Waals surface area (Å²) in [4.78, 5) is 0. The predicted molar refractivity (Wildman–Crippen MR) is 65.3 cm³/mol. The Labute approximate surface area is 99.4 Å². The molecule has 1 rings (SSSR count). The fourth-order valence-electron chi connectivity index (χ4n) is 1.70. The molecule has 0 saturated heterocycles. The highest BCUT2D eigenvalue weighted by Crippen LogP contribution is 2.29. The molecule has 0 saturated carbocycles. The monoisotopic (exact) mass is 266 g/mol. The first kappa shape index (κ1) is 12.2. The van der Waals surface area contributed by atoms with Crippen molar-refractivity contribution in [1.82, 2.24) is 5.32 Å². The Hall–Kier alpha value is -0.850. The zero-order chi connectivity index (χ0) is 11.3. The largest absolute Gasteiger partial charge is 0.312 e. The van der Waals surface area contributed by atoms with Gasteiger partial charge in [-0.2, -0.15) is 5.26 Å². The minimum Gasteiger partial charge on any atom is -0.312 e. The Morgan fingerprint density at radius 1 is 1.47 bits per heavy atom. The van der Waals surface area contributed by atoms with E-state index < -0.39 is 0 Å². The van der Waals surface area contributed by atoms with Gasteiger partial charge in [-0.15, -0.1) is 0 Å². The molecule has 0 aliphatic rings. The van der Waals surface area contributed by atoms with E-state index in [1.165, 1.54) is 0 Å². The first-order chi connectivity index (χ1) is 7.24. The summed E-state index contributed by atoms with van der Waals surface area (Å²) in [6.45, 7) is 2.04. The Kier molecular flexibility index (Phi) is 4.80. The summed E-state index contributed by atoms with van der Waals surface area (Å²) in [5.74, 6) is 0.00806. The number of hydrogen-bond donors (Lipinski definition) is 1. The van der Waals surface area contributed by atoms with Gasteiger partial charge >= 0.3 is 0 Å².